The minimum atomic E-state index is -0.719. The number of nitrogens with one attached hydrogen (secondary N) is 3. The van der Waals surface area contributed by atoms with Gasteiger partial charge in [-0.2, -0.15) is 0 Å². The summed E-state index contributed by atoms with van der Waals surface area (Å²) in [7, 11) is 0. The summed E-state index contributed by atoms with van der Waals surface area (Å²) in [6, 6.07) is 9.50. The maximum Gasteiger partial charge on any atom is 0.312 e. The number of amides is 3. The molecule has 1 atom stereocenters. The summed E-state index contributed by atoms with van der Waals surface area (Å²) >= 11 is 0. The van der Waals surface area contributed by atoms with Gasteiger partial charge in [-0.15, -0.1) is 12.4 Å². The van der Waals surface area contributed by atoms with Gasteiger partial charge in [-0.3, -0.25) is 4.79 Å². The Hall–Kier alpha value is -2.64. The molecule has 0 fully saturated rings. The molecule has 3 amide bonds. The lowest BCUT2D eigenvalue weighted by Crippen LogP contribution is -2.35. The second-order valence-corrected chi connectivity index (χ2v) is 6.66. The fourth-order valence-corrected chi connectivity index (χ4v) is 3.40. The lowest BCUT2D eigenvalue weighted by molar-refractivity contribution is -0.116. The molecule has 0 aromatic heterocycles. The number of benzene rings is 2. The molecule has 2 aromatic carbocycles. The summed E-state index contributed by atoms with van der Waals surface area (Å²) in [6.07, 6.45) is 0.534. The fourth-order valence-electron chi connectivity index (χ4n) is 3.40. The second kappa shape index (κ2) is 9.52. The van der Waals surface area contributed by atoms with Gasteiger partial charge in [-0.1, -0.05) is 30.3 Å². The number of carbonyl (C=O) groups excluding carboxylic acids is 2. The molecule has 6 nitrogen and oxygen atoms in total. The maximum absolute atomic E-state index is 14.7. The van der Waals surface area contributed by atoms with Crippen molar-refractivity contribution in [3.05, 3.63) is 64.5 Å². The Morgan fingerprint density at radius 1 is 1.25 bits per heavy atom. The van der Waals surface area contributed by atoms with E-state index in [0.29, 0.717) is 25.1 Å². The highest BCUT2D eigenvalue weighted by Crippen LogP contribution is 2.26. The molecule has 2 aromatic rings. The molecule has 1 unspecified atom stereocenters. The number of primary amides is 1. The lowest BCUT2D eigenvalue weighted by atomic mass is 9.98. The molecule has 0 saturated carbocycles. The standard InChI is InChI=1S/C20H23FN4O2.ClH/c1-12-4-2-3-5-14(12)17(25-20(22)27)10-18(26)24-16-7-6-13-11-23-9-8-15(13)19(16)21;/h2-7,17,23H,8-11H2,1H3,(H,24,26)(H3,22,25,27);1H. The number of carbonyl (C=O) groups is 2. The third-order valence-corrected chi connectivity index (χ3v) is 4.75. The summed E-state index contributed by atoms with van der Waals surface area (Å²) in [5.41, 5.74) is 8.68. The Morgan fingerprint density at radius 2 is 2.00 bits per heavy atom. The zero-order valence-electron chi connectivity index (χ0n) is 15.5. The summed E-state index contributed by atoms with van der Waals surface area (Å²) in [4.78, 5) is 23.9. The van der Waals surface area contributed by atoms with E-state index in [-0.39, 0.29) is 24.5 Å². The van der Waals surface area contributed by atoms with Gasteiger partial charge in [0.05, 0.1) is 18.2 Å². The van der Waals surface area contributed by atoms with Gasteiger partial charge in [0.1, 0.15) is 5.82 Å². The molecular formula is C20H24ClFN4O2. The van der Waals surface area contributed by atoms with Gasteiger partial charge in [-0.25, -0.2) is 9.18 Å². The number of hydrogen-bond acceptors (Lipinski definition) is 3. The third kappa shape index (κ3) is 4.99. The normalized spacial score (nSPS) is 13.6. The van der Waals surface area contributed by atoms with Gasteiger partial charge in [0.15, 0.2) is 0 Å². The van der Waals surface area contributed by atoms with Crippen LogP contribution >= 0.6 is 12.4 Å². The maximum atomic E-state index is 14.7. The number of rotatable bonds is 5. The van der Waals surface area contributed by atoms with Crippen LogP contribution in [0, 0.1) is 12.7 Å². The van der Waals surface area contributed by atoms with Gasteiger partial charge >= 0.3 is 6.03 Å². The number of anilines is 1. The van der Waals surface area contributed by atoms with Crippen molar-refractivity contribution >= 4 is 30.0 Å². The van der Waals surface area contributed by atoms with Crippen molar-refractivity contribution in [3.8, 4) is 0 Å². The van der Waals surface area contributed by atoms with Crippen molar-refractivity contribution in [2.75, 3.05) is 11.9 Å². The second-order valence-electron chi connectivity index (χ2n) is 6.66. The Bertz CT molecular complexity index is 875. The van der Waals surface area contributed by atoms with Crippen molar-refractivity contribution in [3.63, 3.8) is 0 Å². The minimum absolute atomic E-state index is 0. The van der Waals surface area contributed by atoms with E-state index in [2.05, 4.69) is 16.0 Å². The third-order valence-electron chi connectivity index (χ3n) is 4.75. The predicted molar refractivity (Wildman–Crippen MR) is 109 cm³/mol. The molecule has 0 radical (unpaired) electrons. The van der Waals surface area contributed by atoms with Gasteiger partial charge < -0.3 is 21.7 Å². The fraction of sp³-hybridized carbons (Fsp3) is 0.300. The molecule has 28 heavy (non-hydrogen) atoms. The number of hydrogen-bond donors (Lipinski definition) is 4. The van der Waals surface area contributed by atoms with Crippen LogP contribution in [-0.2, 0) is 17.8 Å². The Balaban J connectivity index is 0.00000280. The molecule has 150 valence electrons. The highest BCUT2D eigenvalue weighted by Gasteiger charge is 2.21. The van der Waals surface area contributed by atoms with Crippen molar-refractivity contribution in [2.24, 2.45) is 5.73 Å². The van der Waals surface area contributed by atoms with Crippen molar-refractivity contribution in [2.45, 2.75) is 32.4 Å². The van der Waals surface area contributed by atoms with Crippen LogP contribution in [0.25, 0.3) is 0 Å². The number of aryl methyl sites for hydroxylation is 1. The van der Waals surface area contributed by atoms with Gasteiger partial charge in [-0.05, 0) is 48.2 Å². The molecular weight excluding hydrogens is 383 g/mol. The van der Waals surface area contributed by atoms with E-state index in [9.17, 15) is 14.0 Å². The smallest absolute Gasteiger partial charge is 0.312 e. The first kappa shape index (κ1) is 21.7. The summed E-state index contributed by atoms with van der Waals surface area (Å²) < 4.78 is 14.7. The van der Waals surface area contributed by atoms with Crippen LogP contribution in [0.2, 0.25) is 0 Å². The molecule has 0 bridgehead atoms. The zero-order valence-corrected chi connectivity index (χ0v) is 16.4. The minimum Gasteiger partial charge on any atom is -0.352 e. The number of fused-ring (bicyclic) bond motifs is 1. The van der Waals surface area contributed by atoms with Crippen molar-refractivity contribution < 1.29 is 14.0 Å². The van der Waals surface area contributed by atoms with Crippen molar-refractivity contribution in [1.29, 1.82) is 0 Å². The predicted octanol–water partition coefficient (Wildman–Crippen LogP) is 2.94. The quantitative estimate of drug-likeness (QED) is 0.614. The molecule has 3 rings (SSSR count). The van der Waals surface area contributed by atoms with Crippen LogP contribution in [0.4, 0.5) is 14.9 Å². The Kier molecular flexibility index (Phi) is 7.37. The van der Waals surface area contributed by atoms with Gasteiger partial charge in [0.2, 0.25) is 5.91 Å². The molecule has 1 aliphatic heterocycles. The van der Waals surface area contributed by atoms with Gasteiger partial charge in [0, 0.05) is 6.54 Å². The van der Waals surface area contributed by atoms with Crippen LogP contribution < -0.4 is 21.7 Å². The SMILES string of the molecule is Cc1ccccc1C(CC(=O)Nc1ccc2c(c1F)CCNC2)NC(N)=O.Cl. The van der Waals surface area contributed by atoms with E-state index in [1.165, 1.54) is 0 Å². The number of halogens is 2. The summed E-state index contributed by atoms with van der Waals surface area (Å²) in [5, 5.41) is 8.41. The first-order valence-electron chi connectivity index (χ1n) is 8.88. The van der Waals surface area contributed by atoms with Crippen LogP contribution in [0.5, 0.6) is 0 Å². The number of urea groups is 1. The average Bonchev–Trinajstić information content (AvgIpc) is 2.64. The molecule has 5 N–H and O–H groups in total. The lowest BCUT2D eigenvalue weighted by Gasteiger charge is -2.21. The monoisotopic (exact) mass is 406 g/mol. The largest absolute Gasteiger partial charge is 0.352 e. The van der Waals surface area contributed by atoms with E-state index >= 15 is 0 Å². The Morgan fingerprint density at radius 3 is 2.71 bits per heavy atom. The van der Waals surface area contributed by atoms with E-state index in [0.717, 1.165) is 16.7 Å². The highest BCUT2D eigenvalue weighted by atomic mass is 35.5. The Labute approximate surface area is 169 Å². The highest BCUT2D eigenvalue weighted by molar-refractivity contribution is 5.92. The number of nitrogens with two attached hydrogens (primary N) is 1. The van der Waals surface area contributed by atoms with E-state index in [4.69, 9.17) is 5.73 Å². The first-order valence-corrected chi connectivity index (χ1v) is 8.88. The van der Waals surface area contributed by atoms with Gasteiger partial charge in [0.25, 0.3) is 0 Å². The zero-order chi connectivity index (χ0) is 19.4. The molecule has 0 spiro atoms. The molecule has 1 aliphatic rings. The van der Waals surface area contributed by atoms with Crippen molar-refractivity contribution in [1.82, 2.24) is 10.6 Å². The molecule has 0 aliphatic carbocycles. The summed E-state index contributed by atoms with van der Waals surface area (Å²) in [5.74, 6) is -0.789. The topological polar surface area (TPSA) is 96.2 Å². The van der Waals surface area contributed by atoms with E-state index in [1.807, 2.05) is 37.3 Å². The van der Waals surface area contributed by atoms with E-state index in [1.54, 1.807) is 6.07 Å². The average molecular weight is 407 g/mol. The first-order chi connectivity index (χ1) is 13.0. The van der Waals surface area contributed by atoms with Crippen LogP contribution in [0.15, 0.2) is 36.4 Å². The molecule has 0 saturated heterocycles. The van der Waals surface area contributed by atoms with Crippen LogP contribution in [0.3, 0.4) is 0 Å². The van der Waals surface area contributed by atoms with E-state index < -0.39 is 23.8 Å². The van der Waals surface area contributed by atoms with Crippen LogP contribution in [0.1, 0.15) is 34.7 Å². The summed E-state index contributed by atoms with van der Waals surface area (Å²) in [6.45, 7) is 3.22. The van der Waals surface area contributed by atoms with Crippen LogP contribution in [-0.4, -0.2) is 18.5 Å². The molecule has 8 heteroatoms. The molecule has 1 heterocycles.